The molecule has 1 aromatic heterocycles. The van der Waals surface area contributed by atoms with Crippen molar-refractivity contribution in [2.75, 3.05) is 12.4 Å². The number of ether oxygens (including phenoxy) is 1. The van der Waals surface area contributed by atoms with Crippen LogP contribution < -0.4 is 10.1 Å². The lowest BCUT2D eigenvalue weighted by atomic mass is 10.3. The molecular weight excluding hydrogens is 188 g/mol. The molecule has 0 saturated heterocycles. The van der Waals surface area contributed by atoms with Gasteiger partial charge in [-0.1, -0.05) is 18.2 Å². The van der Waals surface area contributed by atoms with Gasteiger partial charge in [0.25, 0.3) is 0 Å². The van der Waals surface area contributed by atoms with Crippen LogP contribution in [0.15, 0.2) is 48.7 Å². The lowest BCUT2D eigenvalue weighted by Crippen LogP contribution is -1.92. The number of methoxy groups -OCH3 is 1. The summed E-state index contributed by atoms with van der Waals surface area (Å²) in [5.41, 5.74) is 2.01. The maximum Gasteiger partial charge on any atom is 0.214 e. The molecule has 15 heavy (non-hydrogen) atoms. The summed E-state index contributed by atoms with van der Waals surface area (Å²) in [4.78, 5) is 4.04. The minimum atomic E-state index is 0.607. The maximum absolute atomic E-state index is 5.04. The summed E-state index contributed by atoms with van der Waals surface area (Å²) in [6.45, 7) is 0. The van der Waals surface area contributed by atoms with Crippen LogP contribution >= 0.6 is 0 Å². The highest BCUT2D eigenvalue weighted by molar-refractivity contribution is 5.59. The van der Waals surface area contributed by atoms with E-state index in [9.17, 15) is 0 Å². The molecule has 0 spiro atoms. The molecule has 0 aliphatic carbocycles. The third kappa shape index (κ3) is 2.47. The fourth-order valence-corrected chi connectivity index (χ4v) is 1.29. The van der Waals surface area contributed by atoms with Crippen molar-refractivity contribution in [3.8, 4) is 5.88 Å². The summed E-state index contributed by atoms with van der Waals surface area (Å²) in [6.07, 6.45) is 1.71. The van der Waals surface area contributed by atoms with Gasteiger partial charge in [-0.15, -0.1) is 0 Å². The molecule has 0 bridgehead atoms. The van der Waals surface area contributed by atoms with Crippen molar-refractivity contribution in [3.63, 3.8) is 0 Å². The smallest absolute Gasteiger partial charge is 0.214 e. The van der Waals surface area contributed by atoms with Gasteiger partial charge in [0.1, 0.15) is 0 Å². The molecular formula is C12H12N2O. The summed E-state index contributed by atoms with van der Waals surface area (Å²) in [5.74, 6) is 0.607. The second kappa shape index (κ2) is 4.46. The number of aromatic nitrogens is 1. The summed E-state index contributed by atoms with van der Waals surface area (Å²) in [7, 11) is 1.61. The van der Waals surface area contributed by atoms with Gasteiger partial charge in [0.05, 0.1) is 7.11 Å². The number of nitrogens with one attached hydrogen (secondary N) is 1. The third-order valence-corrected chi connectivity index (χ3v) is 2.01. The van der Waals surface area contributed by atoms with Crippen molar-refractivity contribution in [1.29, 1.82) is 0 Å². The van der Waals surface area contributed by atoms with E-state index in [2.05, 4.69) is 10.3 Å². The molecule has 1 aromatic carbocycles. The molecule has 1 heterocycles. The maximum atomic E-state index is 5.04. The van der Waals surface area contributed by atoms with Gasteiger partial charge in [-0.25, -0.2) is 4.98 Å². The van der Waals surface area contributed by atoms with Crippen molar-refractivity contribution >= 4 is 11.4 Å². The van der Waals surface area contributed by atoms with E-state index in [0.717, 1.165) is 11.4 Å². The van der Waals surface area contributed by atoms with Gasteiger partial charge < -0.3 is 10.1 Å². The van der Waals surface area contributed by atoms with Gasteiger partial charge in [-0.05, 0) is 18.2 Å². The summed E-state index contributed by atoms with van der Waals surface area (Å²) >= 11 is 0. The Kier molecular flexibility index (Phi) is 2.83. The fraction of sp³-hybridized carbons (Fsp3) is 0.0833. The Morgan fingerprint density at radius 3 is 2.60 bits per heavy atom. The molecule has 0 saturated carbocycles. The zero-order valence-electron chi connectivity index (χ0n) is 8.47. The summed E-state index contributed by atoms with van der Waals surface area (Å²) < 4.78 is 5.04. The van der Waals surface area contributed by atoms with E-state index in [-0.39, 0.29) is 0 Å². The first-order valence-corrected chi connectivity index (χ1v) is 4.70. The first kappa shape index (κ1) is 9.52. The Morgan fingerprint density at radius 1 is 1.07 bits per heavy atom. The van der Waals surface area contributed by atoms with Gasteiger partial charge in [0, 0.05) is 23.6 Å². The SMILES string of the molecule is COc1cc(Nc2ccccc2)ccn1. The molecule has 2 aromatic rings. The van der Waals surface area contributed by atoms with Crippen LogP contribution in [-0.2, 0) is 0 Å². The highest BCUT2D eigenvalue weighted by Crippen LogP contribution is 2.18. The zero-order chi connectivity index (χ0) is 10.5. The van der Waals surface area contributed by atoms with Crippen molar-refractivity contribution in [1.82, 2.24) is 4.98 Å². The Labute approximate surface area is 88.7 Å². The Morgan fingerprint density at radius 2 is 1.87 bits per heavy atom. The molecule has 3 heteroatoms. The molecule has 0 aliphatic heterocycles. The molecule has 2 rings (SSSR count). The minimum absolute atomic E-state index is 0.607. The van der Waals surface area contributed by atoms with Crippen LogP contribution in [0.5, 0.6) is 5.88 Å². The number of nitrogens with zero attached hydrogens (tertiary/aromatic N) is 1. The van der Waals surface area contributed by atoms with Gasteiger partial charge in [-0.2, -0.15) is 0 Å². The van der Waals surface area contributed by atoms with E-state index in [1.807, 2.05) is 42.5 Å². The summed E-state index contributed by atoms with van der Waals surface area (Å²) in [5, 5.41) is 3.26. The standard InChI is InChI=1S/C12H12N2O/c1-15-12-9-11(7-8-13-12)14-10-5-3-2-4-6-10/h2-9H,1H3,(H,13,14). The largest absolute Gasteiger partial charge is 0.481 e. The van der Waals surface area contributed by atoms with Crippen LogP contribution in [0.4, 0.5) is 11.4 Å². The predicted octanol–water partition coefficient (Wildman–Crippen LogP) is 2.83. The van der Waals surface area contributed by atoms with Crippen molar-refractivity contribution in [3.05, 3.63) is 48.7 Å². The monoisotopic (exact) mass is 200 g/mol. The number of hydrogen-bond donors (Lipinski definition) is 1. The molecule has 0 amide bonds. The van der Waals surface area contributed by atoms with Gasteiger partial charge in [0.15, 0.2) is 0 Å². The minimum Gasteiger partial charge on any atom is -0.481 e. The van der Waals surface area contributed by atoms with Crippen LogP contribution in [0.3, 0.4) is 0 Å². The number of anilines is 2. The van der Waals surface area contributed by atoms with Crippen molar-refractivity contribution in [2.24, 2.45) is 0 Å². The molecule has 0 unspecified atom stereocenters. The first-order valence-electron chi connectivity index (χ1n) is 4.70. The van der Waals surface area contributed by atoms with Gasteiger partial charge in [-0.3, -0.25) is 0 Å². The van der Waals surface area contributed by atoms with E-state index in [0.29, 0.717) is 5.88 Å². The molecule has 0 fully saturated rings. The van der Waals surface area contributed by atoms with E-state index < -0.39 is 0 Å². The van der Waals surface area contributed by atoms with E-state index in [4.69, 9.17) is 4.74 Å². The number of benzene rings is 1. The van der Waals surface area contributed by atoms with Crippen molar-refractivity contribution < 1.29 is 4.74 Å². The topological polar surface area (TPSA) is 34.1 Å². The Bertz CT molecular complexity index is 429. The van der Waals surface area contributed by atoms with E-state index >= 15 is 0 Å². The molecule has 0 aliphatic rings. The predicted molar refractivity (Wildman–Crippen MR) is 60.5 cm³/mol. The van der Waals surface area contributed by atoms with Crippen LogP contribution in [-0.4, -0.2) is 12.1 Å². The van der Waals surface area contributed by atoms with E-state index in [1.165, 1.54) is 0 Å². The van der Waals surface area contributed by atoms with E-state index in [1.54, 1.807) is 13.3 Å². The number of hydrogen-bond acceptors (Lipinski definition) is 3. The zero-order valence-corrected chi connectivity index (χ0v) is 8.47. The fourth-order valence-electron chi connectivity index (χ4n) is 1.29. The van der Waals surface area contributed by atoms with Gasteiger partial charge in [0.2, 0.25) is 5.88 Å². The average molecular weight is 200 g/mol. The molecule has 0 radical (unpaired) electrons. The Balaban J connectivity index is 2.17. The average Bonchev–Trinajstić information content (AvgIpc) is 2.31. The van der Waals surface area contributed by atoms with Gasteiger partial charge >= 0.3 is 0 Å². The highest BCUT2D eigenvalue weighted by atomic mass is 16.5. The number of pyridine rings is 1. The quantitative estimate of drug-likeness (QED) is 0.827. The molecule has 0 atom stereocenters. The number of rotatable bonds is 3. The lowest BCUT2D eigenvalue weighted by Gasteiger charge is -2.06. The van der Waals surface area contributed by atoms with Crippen LogP contribution in [0, 0.1) is 0 Å². The molecule has 76 valence electrons. The second-order valence-electron chi connectivity index (χ2n) is 3.08. The lowest BCUT2D eigenvalue weighted by molar-refractivity contribution is 0.398. The van der Waals surface area contributed by atoms with Crippen LogP contribution in [0.2, 0.25) is 0 Å². The van der Waals surface area contributed by atoms with Crippen LogP contribution in [0.1, 0.15) is 0 Å². The van der Waals surface area contributed by atoms with Crippen LogP contribution in [0.25, 0.3) is 0 Å². The Hall–Kier alpha value is -2.03. The van der Waals surface area contributed by atoms with Crippen molar-refractivity contribution in [2.45, 2.75) is 0 Å². The first-order chi connectivity index (χ1) is 7.38. The summed E-state index contributed by atoms with van der Waals surface area (Å²) in [6, 6.07) is 13.7. The normalized spacial score (nSPS) is 9.67. The molecule has 1 N–H and O–H groups in total. The third-order valence-electron chi connectivity index (χ3n) is 2.01. The number of para-hydroxylation sites is 1. The molecule has 3 nitrogen and oxygen atoms in total. The second-order valence-corrected chi connectivity index (χ2v) is 3.08. The highest BCUT2D eigenvalue weighted by Gasteiger charge is 1.96.